The summed E-state index contributed by atoms with van der Waals surface area (Å²) in [5.74, 6) is 6.36. The summed E-state index contributed by atoms with van der Waals surface area (Å²) >= 11 is 0. The molecule has 0 bridgehead atoms. The van der Waals surface area contributed by atoms with Crippen molar-refractivity contribution < 1.29 is 4.79 Å². The van der Waals surface area contributed by atoms with Crippen molar-refractivity contribution in [2.24, 2.45) is 5.92 Å². The van der Waals surface area contributed by atoms with Crippen LogP contribution in [0, 0.1) is 17.8 Å². The maximum absolute atomic E-state index is 12.3. The summed E-state index contributed by atoms with van der Waals surface area (Å²) in [6.45, 7) is 2.84. The van der Waals surface area contributed by atoms with Gasteiger partial charge in [0.25, 0.3) is 5.91 Å². The Kier molecular flexibility index (Phi) is 5.13. The molecule has 3 heteroatoms. The van der Waals surface area contributed by atoms with Gasteiger partial charge in [-0.15, -0.1) is 0 Å². The molecule has 2 atom stereocenters. The number of hydrogen-bond acceptors (Lipinski definition) is 2. The Labute approximate surface area is 133 Å². The molecule has 2 saturated heterocycles. The summed E-state index contributed by atoms with van der Waals surface area (Å²) in [6, 6.07) is 10.3. The lowest BCUT2D eigenvalue weighted by Crippen LogP contribution is -2.48. The molecule has 0 unspecified atom stereocenters. The first-order valence-electron chi connectivity index (χ1n) is 8.42. The van der Waals surface area contributed by atoms with Crippen molar-refractivity contribution >= 4 is 5.91 Å². The van der Waals surface area contributed by atoms with Gasteiger partial charge in [0.2, 0.25) is 0 Å². The summed E-state index contributed by atoms with van der Waals surface area (Å²) in [5.41, 5.74) is 0.901. The minimum Gasteiger partial charge on any atom is -0.332 e. The zero-order chi connectivity index (χ0) is 15.2. The smallest absolute Gasteiger partial charge is 0.298 e. The largest absolute Gasteiger partial charge is 0.332 e. The maximum atomic E-state index is 12.3. The Morgan fingerprint density at radius 2 is 2.00 bits per heavy atom. The molecule has 0 spiro atoms. The molecule has 116 valence electrons. The number of rotatable bonds is 1. The van der Waals surface area contributed by atoms with Gasteiger partial charge >= 0.3 is 0 Å². The van der Waals surface area contributed by atoms with Gasteiger partial charge < -0.3 is 10.2 Å². The molecule has 0 aliphatic carbocycles. The van der Waals surface area contributed by atoms with Crippen molar-refractivity contribution in [3.63, 3.8) is 0 Å². The van der Waals surface area contributed by atoms with Gasteiger partial charge in [-0.1, -0.05) is 30.5 Å². The number of carbonyl (C=O) groups is 1. The van der Waals surface area contributed by atoms with Crippen LogP contribution in [0.25, 0.3) is 0 Å². The second kappa shape index (κ2) is 7.47. The van der Waals surface area contributed by atoms with E-state index in [4.69, 9.17) is 0 Å². The minimum absolute atomic E-state index is 0.0237. The van der Waals surface area contributed by atoms with E-state index in [0.29, 0.717) is 12.0 Å². The fraction of sp³-hybridized carbons (Fsp3) is 0.526. The normalized spacial score (nSPS) is 25.2. The molecule has 1 aromatic rings. The first kappa shape index (κ1) is 15.1. The van der Waals surface area contributed by atoms with Crippen molar-refractivity contribution in [2.45, 2.75) is 38.1 Å². The summed E-state index contributed by atoms with van der Waals surface area (Å²) in [5, 5.41) is 3.63. The van der Waals surface area contributed by atoms with E-state index in [2.05, 4.69) is 17.2 Å². The third-order valence-electron chi connectivity index (χ3n) is 4.75. The highest BCUT2D eigenvalue weighted by Gasteiger charge is 2.29. The molecule has 3 nitrogen and oxygen atoms in total. The molecule has 2 heterocycles. The van der Waals surface area contributed by atoms with Gasteiger partial charge in [0.05, 0.1) is 0 Å². The quantitative estimate of drug-likeness (QED) is 0.807. The molecule has 0 aromatic heterocycles. The predicted octanol–water partition coefficient (Wildman–Crippen LogP) is 2.42. The topological polar surface area (TPSA) is 32.3 Å². The lowest BCUT2D eigenvalue weighted by atomic mass is 9.86. The summed E-state index contributed by atoms with van der Waals surface area (Å²) in [7, 11) is 0. The number of hydrogen-bond donors (Lipinski definition) is 1. The molecule has 3 rings (SSSR count). The Balaban J connectivity index is 1.59. The van der Waals surface area contributed by atoms with Crippen molar-refractivity contribution in [1.29, 1.82) is 0 Å². The number of piperidine rings is 2. The van der Waals surface area contributed by atoms with Crippen LogP contribution in [0.1, 0.15) is 37.7 Å². The summed E-state index contributed by atoms with van der Waals surface area (Å²) in [6.07, 6.45) is 6.18. The predicted molar refractivity (Wildman–Crippen MR) is 88.3 cm³/mol. The first-order valence-corrected chi connectivity index (χ1v) is 8.42. The van der Waals surface area contributed by atoms with Gasteiger partial charge in [-0.3, -0.25) is 4.79 Å². The van der Waals surface area contributed by atoms with E-state index < -0.39 is 0 Å². The Hall–Kier alpha value is -1.79. The van der Waals surface area contributed by atoms with Gasteiger partial charge in [0.1, 0.15) is 0 Å². The van der Waals surface area contributed by atoms with Gasteiger partial charge in [0.15, 0.2) is 0 Å². The van der Waals surface area contributed by atoms with Crippen LogP contribution in [0.2, 0.25) is 0 Å². The van der Waals surface area contributed by atoms with E-state index in [1.807, 2.05) is 35.2 Å². The van der Waals surface area contributed by atoms with Crippen LogP contribution in [-0.2, 0) is 4.79 Å². The average molecular weight is 296 g/mol. The van der Waals surface area contributed by atoms with Crippen LogP contribution in [0.4, 0.5) is 0 Å². The van der Waals surface area contributed by atoms with E-state index in [0.717, 1.165) is 31.6 Å². The van der Waals surface area contributed by atoms with Crippen molar-refractivity contribution in [3.05, 3.63) is 35.9 Å². The van der Waals surface area contributed by atoms with Crippen molar-refractivity contribution in [2.75, 3.05) is 19.6 Å². The highest BCUT2D eigenvalue weighted by Crippen LogP contribution is 2.24. The van der Waals surface area contributed by atoms with Gasteiger partial charge in [-0.05, 0) is 50.3 Å². The fourth-order valence-electron chi connectivity index (χ4n) is 3.53. The number of benzene rings is 1. The van der Waals surface area contributed by atoms with Crippen LogP contribution < -0.4 is 5.32 Å². The molecular formula is C19H24N2O. The third-order valence-corrected chi connectivity index (χ3v) is 4.75. The van der Waals surface area contributed by atoms with E-state index in [1.165, 1.54) is 25.7 Å². The molecule has 1 N–H and O–H groups in total. The molecule has 22 heavy (non-hydrogen) atoms. The number of nitrogens with one attached hydrogen (secondary N) is 1. The SMILES string of the molecule is O=C(C#Cc1ccccc1)N1CCC[C@H]([C@H]2CCCCN2)C1. The van der Waals surface area contributed by atoms with Crippen LogP contribution in [0.15, 0.2) is 30.3 Å². The molecule has 2 fully saturated rings. The van der Waals surface area contributed by atoms with Gasteiger partial charge in [-0.2, -0.15) is 0 Å². The lowest BCUT2D eigenvalue weighted by Gasteiger charge is -2.38. The zero-order valence-electron chi connectivity index (χ0n) is 13.1. The van der Waals surface area contributed by atoms with Gasteiger partial charge in [0, 0.05) is 30.6 Å². The summed E-state index contributed by atoms with van der Waals surface area (Å²) in [4.78, 5) is 14.3. The van der Waals surface area contributed by atoms with E-state index in [1.54, 1.807) is 0 Å². The number of nitrogens with zero attached hydrogens (tertiary/aromatic N) is 1. The van der Waals surface area contributed by atoms with Crippen LogP contribution in [0.3, 0.4) is 0 Å². The zero-order valence-corrected chi connectivity index (χ0v) is 13.1. The van der Waals surface area contributed by atoms with Crippen LogP contribution >= 0.6 is 0 Å². The highest BCUT2D eigenvalue weighted by molar-refractivity contribution is 5.94. The number of likely N-dealkylation sites (tertiary alicyclic amines) is 1. The third kappa shape index (κ3) is 3.90. The molecule has 0 radical (unpaired) electrons. The Morgan fingerprint density at radius 3 is 2.77 bits per heavy atom. The second-order valence-corrected chi connectivity index (χ2v) is 6.33. The summed E-state index contributed by atoms with van der Waals surface area (Å²) < 4.78 is 0. The molecule has 2 aliphatic heterocycles. The van der Waals surface area contributed by atoms with Crippen molar-refractivity contribution in [1.82, 2.24) is 10.2 Å². The molecule has 0 saturated carbocycles. The minimum atomic E-state index is -0.0237. The van der Waals surface area contributed by atoms with Crippen molar-refractivity contribution in [3.8, 4) is 11.8 Å². The number of carbonyl (C=O) groups excluding carboxylic acids is 1. The number of amides is 1. The van der Waals surface area contributed by atoms with Crippen LogP contribution in [0.5, 0.6) is 0 Å². The second-order valence-electron chi connectivity index (χ2n) is 6.33. The molecule has 2 aliphatic rings. The molecule has 1 aromatic carbocycles. The van der Waals surface area contributed by atoms with E-state index in [-0.39, 0.29) is 5.91 Å². The van der Waals surface area contributed by atoms with Crippen LogP contribution in [-0.4, -0.2) is 36.5 Å². The highest BCUT2D eigenvalue weighted by atomic mass is 16.2. The molecular weight excluding hydrogens is 272 g/mol. The monoisotopic (exact) mass is 296 g/mol. The first-order chi connectivity index (χ1) is 10.8. The standard InChI is InChI=1S/C19H24N2O/c22-19(12-11-16-7-2-1-3-8-16)21-14-6-9-17(15-21)18-10-4-5-13-20-18/h1-3,7-8,17-18,20H,4-6,9-10,13-15H2/t17-,18+/m0/s1. The fourth-order valence-corrected chi connectivity index (χ4v) is 3.53. The van der Waals surface area contributed by atoms with E-state index >= 15 is 0 Å². The lowest BCUT2D eigenvalue weighted by molar-refractivity contribution is -0.127. The molecule has 1 amide bonds. The van der Waals surface area contributed by atoms with Gasteiger partial charge in [-0.25, -0.2) is 0 Å². The maximum Gasteiger partial charge on any atom is 0.298 e. The average Bonchev–Trinajstić information content (AvgIpc) is 2.61. The van der Waals surface area contributed by atoms with E-state index in [9.17, 15) is 4.79 Å². The Bertz CT molecular complexity index is 552. The Morgan fingerprint density at radius 1 is 1.14 bits per heavy atom.